The van der Waals surface area contributed by atoms with Crippen molar-refractivity contribution in [3.8, 4) is 0 Å². The van der Waals surface area contributed by atoms with E-state index in [1.54, 1.807) is 6.92 Å². The molecule has 1 amide bonds. The highest BCUT2D eigenvalue weighted by Gasteiger charge is 2.23. The summed E-state index contributed by atoms with van der Waals surface area (Å²) in [5, 5.41) is 6.91. The Labute approximate surface area is 125 Å². The van der Waals surface area contributed by atoms with Crippen LogP contribution in [-0.2, 0) is 4.74 Å². The van der Waals surface area contributed by atoms with E-state index >= 15 is 0 Å². The highest BCUT2D eigenvalue weighted by molar-refractivity contribution is 5.96. The monoisotopic (exact) mass is 295 g/mol. The van der Waals surface area contributed by atoms with Gasteiger partial charge in [0, 0.05) is 31.6 Å². The van der Waals surface area contributed by atoms with E-state index in [0.29, 0.717) is 29.6 Å². The number of ether oxygens (including phenoxy) is 1. The Morgan fingerprint density at radius 2 is 2.00 bits per heavy atom. The summed E-state index contributed by atoms with van der Waals surface area (Å²) in [5.41, 5.74) is 1.23. The Morgan fingerprint density at radius 1 is 1.33 bits per heavy atom. The van der Waals surface area contributed by atoms with Crippen molar-refractivity contribution in [3.05, 3.63) is 17.0 Å². The van der Waals surface area contributed by atoms with E-state index in [1.807, 2.05) is 13.8 Å². The molecule has 2 heterocycles. The summed E-state index contributed by atoms with van der Waals surface area (Å²) in [5.74, 6) is 0.699. The number of nitrogens with one attached hydrogen (secondary N) is 1. The second-order valence-corrected chi connectivity index (χ2v) is 5.87. The molecule has 0 bridgehead atoms. The highest BCUT2D eigenvalue weighted by atomic mass is 16.5. The van der Waals surface area contributed by atoms with Gasteiger partial charge in [-0.25, -0.2) is 0 Å². The van der Waals surface area contributed by atoms with Gasteiger partial charge < -0.3 is 14.6 Å². The van der Waals surface area contributed by atoms with Gasteiger partial charge in [0.1, 0.15) is 5.56 Å². The van der Waals surface area contributed by atoms with Gasteiger partial charge in [0.25, 0.3) is 5.91 Å². The number of aryl methyl sites for hydroxylation is 1. The maximum Gasteiger partial charge on any atom is 0.256 e. The van der Waals surface area contributed by atoms with E-state index in [1.165, 1.54) is 0 Å². The zero-order chi connectivity index (χ0) is 15.4. The number of aromatic nitrogens is 1. The van der Waals surface area contributed by atoms with Crippen molar-refractivity contribution in [1.82, 2.24) is 15.4 Å². The molecule has 0 unspecified atom stereocenters. The second kappa shape index (κ2) is 7.04. The Bertz CT molecular complexity index is 479. The van der Waals surface area contributed by atoms with E-state index < -0.39 is 0 Å². The second-order valence-electron chi connectivity index (χ2n) is 5.87. The van der Waals surface area contributed by atoms with E-state index in [9.17, 15) is 4.79 Å². The molecule has 0 radical (unpaired) electrons. The minimum absolute atomic E-state index is 0.0995. The van der Waals surface area contributed by atoms with Gasteiger partial charge >= 0.3 is 0 Å². The molecule has 0 aliphatic carbocycles. The van der Waals surface area contributed by atoms with Crippen molar-refractivity contribution in [2.45, 2.75) is 39.7 Å². The molecular formula is C15H25N3O3. The Kier molecular flexibility index (Phi) is 5.36. The van der Waals surface area contributed by atoms with Gasteiger partial charge in [0.15, 0.2) is 5.76 Å². The number of carbonyl (C=O) groups is 1. The number of hydrogen-bond donors (Lipinski definition) is 1. The lowest BCUT2D eigenvalue weighted by Gasteiger charge is -2.32. The fourth-order valence-electron chi connectivity index (χ4n) is 2.53. The van der Waals surface area contributed by atoms with Crippen LogP contribution in [-0.4, -0.2) is 54.9 Å². The van der Waals surface area contributed by atoms with E-state index in [0.717, 1.165) is 26.3 Å². The molecule has 1 saturated heterocycles. The first-order chi connectivity index (χ1) is 10.0. The molecule has 1 aliphatic rings. The van der Waals surface area contributed by atoms with Gasteiger partial charge in [-0.15, -0.1) is 0 Å². The molecule has 118 valence electrons. The summed E-state index contributed by atoms with van der Waals surface area (Å²) < 4.78 is 10.6. The maximum atomic E-state index is 12.4. The lowest BCUT2D eigenvalue weighted by molar-refractivity contribution is 0.0204. The Morgan fingerprint density at radius 3 is 2.62 bits per heavy atom. The van der Waals surface area contributed by atoms with E-state index in [2.05, 4.69) is 22.3 Å². The molecule has 0 spiro atoms. The smallest absolute Gasteiger partial charge is 0.256 e. The summed E-state index contributed by atoms with van der Waals surface area (Å²) in [7, 11) is 0. The van der Waals surface area contributed by atoms with Crippen molar-refractivity contribution in [1.29, 1.82) is 0 Å². The molecule has 1 aromatic heterocycles. The van der Waals surface area contributed by atoms with Gasteiger partial charge in [-0.2, -0.15) is 0 Å². The number of amides is 1. The lowest BCUT2D eigenvalue weighted by Crippen LogP contribution is -2.47. The topological polar surface area (TPSA) is 67.6 Å². The quantitative estimate of drug-likeness (QED) is 0.893. The van der Waals surface area contributed by atoms with Crippen LogP contribution < -0.4 is 5.32 Å². The Hall–Kier alpha value is -1.40. The first-order valence-electron chi connectivity index (χ1n) is 7.56. The van der Waals surface area contributed by atoms with Crippen molar-refractivity contribution in [3.63, 3.8) is 0 Å². The van der Waals surface area contributed by atoms with Crippen LogP contribution in [0.4, 0.5) is 0 Å². The van der Waals surface area contributed by atoms with Crippen LogP contribution in [0.25, 0.3) is 0 Å². The maximum absolute atomic E-state index is 12.4. The van der Waals surface area contributed by atoms with Crippen molar-refractivity contribution in [2.75, 3.05) is 32.8 Å². The van der Waals surface area contributed by atoms with Crippen LogP contribution in [0.3, 0.4) is 0 Å². The zero-order valence-corrected chi connectivity index (χ0v) is 13.3. The number of nitrogens with zero attached hydrogens (tertiary/aromatic N) is 2. The van der Waals surface area contributed by atoms with Crippen molar-refractivity contribution < 1.29 is 14.1 Å². The minimum atomic E-state index is -0.0995. The van der Waals surface area contributed by atoms with E-state index in [4.69, 9.17) is 9.26 Å². The fraction of sp³-hybridized carbons (Fsp3) is 0.733. The van der Waals surface area contributed by atoms with Crippen LogP contribution in [0.2, 0.25) is 0 Å². The van der Waals surface area contributed by atoms with Crippen LogP contribution in [0.1, 0.15) is 48.5 Å². The molecule has 2 rings (SSSR count). The van der Waals surface area contributed by atoms with Gasteiger partial charge in [0.05, 0.1) is 18.9 Å². The normalized spacial score (nSPS) is 18.0. The highest BCUT2D eigenvalue weighted by Crippen LogP contribution is 2.22. The fourth-order valence-corrected chi connectivity index (χ4v) is 2.53. The van der Waals surface area contributed by atoms with Crippen LogP contribution >= 0.6 is 0 Å². The van der Waals surface area contributed by atoms with Crippen LogP contribution in [0.15, 0.2) is 4.52 Å². The first-order valence-corrected chi connectivity index (χ1v) is 7.56. The summed E-state index contributed by atoms with van der Waals surface area (Å²) in [6.07, 6.45) is 0. The molecule has 0 saturated carbocycles. The summed E-state index contributed by atoms with van der Waals surface area (Å²) in [4.78, 5) is 14.7. The molecule has 1 aliphatic heterocycles. The summed E-state index contributed by atoms with van der Waals surface area (Å²) >= 11 is 0. The molecule has 0 aromatic carbocycles. The predicted molar refractivity (Wildman–Crippen MR) is 79.5 cm³/mol. The molecule has 1 atom stereocenters. The van der Waals surface area contributed by atoms with E-state index in [-0.39, 0.29) is 11.8 Å². The SMILES string of the molecule is Cc1noc(C(C)C)c1C(=O)NC[C@H](C)N1CCOCC1. The van der Waals surface area contributed by atoms with Crippen molar-refractivity contribution >= 4 is 5.91 Å². The van der Waals surface area contributed by atoms with Gasteiger partial charge in [-0.05, 0) is 13.8 Å². The zero-order valence-electron chi connectivity index (χ0n) is 13.3. The third-order valence-electron chi connectivity index (χ3n) is 3.87. The molecular weight excluding hydrogens is 270 g/mol. The van der Waals surface area contributed by atoms with Gasteiger partial charge in [-0.1, -0.05) is 19.0 Å². The molecule has 21 heavy (non-hydrogen) atoms. The predicted octanol–water partition coefficient (Wildman–Crippen LogP) is 1.56. The number of carbonyl (C=O) groups excluding carboxylic acids is 1. The minimum Gasteiger partial charge on any atom is -0.379 e. The average Bonchev–Trinajstić information content (AvgIpc) is 2.87. The standard InChI is InChI=1S/C15H25N3O3/c1-10(2)14-13(12(4)17-21-14)15(19)16-9-11(3)18-5-7-20-8-6-18/h10-11H,5-9H2,1-4H3,(H,16,19)/t11-/m0/s1. The van der Waals surface area contributed by atoms with Crippen LogP contribution in [0, 0.1) is 6.92 Å². The molecule has 6 heteroatoms. The molecule has 1 aromatic rings. The van der Waals surface area contributed by atoms with Crippen LogP contribution in [0.5, 0.6) is 0 Å². The lowest BCUT2D eigenvalue weighted by atomic mass is 10.0. The third-order valence-corrected chi connectivity index (χ3v) is 3.87. The first kappa shape index (κ1) is 16.0. The molecule has 6 nitrogen and oxygen atoms in total. The summed E-state index contributed by atoms with van der Waals surface area (Å²) in [6, 6.07) is 0.292. The van der Waals surface area contributed by atoms with Gasteiger partial charge in [0.2, 0.25) is 0 Å². The number of rotatable bonds is 5. The third kappa shape index (κ3) is 3.83. The Balaban J connectivity index is 1.94. The number of morpholine rings is 1. The molecule has 1 N–H and O–H groups in total. The average molecular weight is 295 g/mol. The molecule has 1 fully saturated rings. The summed E-state index contributed by atoms with van der Waals surface area (Å²) in [6.45, 7) is 11.9. The van der Waals surface area contributed by atoms with Gasteiger partial charge in [-0.3, -0.25) is 9.69 Å². The largest absolute Gasteiger partial charge is 0.379 e. The number of hydrogen-bond acceptors (Lipinski definition) is 5. The van der Waals surface area contributed by atoms with Crippen molar-refractivity contribution in [2.24, 2.45) is 0 Å².